The lowest BCUT2D eigenvalue weighted by Gasteiger charge is -2.11. The second kappa shape index (κ2) is 4.50. The predicted octanol–water partition coefficient (Wildman–Crippen LogP) is 1.76. The second-order valence-corrected chi connectivity index (χ2v) is 3.06. The first-order chi connectivity index (χ1) is 6.24. The van der Waals surface area contributed by atoms with Crippen molar-refractivity contribution in [1.29, 1.82) is 0 Å². The number of hydrogen-bond acceptors (Lipinski definition) is 3. The van der Waals surface area contributed by atoms with Crippen LogP contribution in [0.1, 0.15) is 5.56 Å². The Morgan fingerprint density at radius 2 is 1.92 bits per heavy atom. The molecule has 3 nitrogen and oxygen atoms in total. The minimum absolute atomic E-state index is 0.671. The fraction of sp³-hybridized carbons (Fsp3) is 0.300. The zero-order chi connectivity index (χ0) is 9.68. The summed E-state index contributed by atoms with van der Waals surface area (Å²) in [4.78, 5) is 2.05. The molecular weight excluding hydrogens is 164 g/mol. The van der Waals surface area contributed by atoms with E-state index >= 15 is 0 Å². The second-order valence-electron chi connectivity index (χ2n) is 3.06. The third-order valence-corrected chi connectivity index (χ3v) is 1.86. The van der Waals surface area contributed by atoms with Crippen LogP contribution >= 0.6 is 0 Å². The Bertz CT molecular complexity index is 277. The van der Waals surface area contributed by atoms with Gasteiger partial charge < -0.3 is 10.1 Å². The third-order valence-electron chi connectivity index (χ3n) is 1.86. The van der Waals surface area contributed by atoms with Gasteiger partial charge in [-0.15, -0.1) is 5.16 Å². The number of anilines is 1. The predicted molar refractivity (Wildman–Crippen MR) is 54.8 cm³/mol. The van der Waals surface area contributed by atoms with Gasteiger partial charge in [0, 0.05) is 32.4 Å². The molecule has 1 aromatic carbocycles. The lowest BCUT2D eigenvalue weighted by atomic mass is 10.1. The van der Waals surface area contributed by atoms with Crippen molar-refractivity contribution in [2.75, 3.05) is 19.0 Å². The van der Waals surface area contributed by atoms with Crippen molar-refractivity contribution < 1.29 is 5.21 Å². The molecule has 0 spiro atoms. The van der Waals surface area contributed by atoms with Gasteiger partial charge >= 0.3 is 0 Å². The minimum atomic E-state index is 0.671. The fourth-order valence-corrected chi connectivity index (χ4v) is 1.08. The average molecular weight is 178 g/mol. The van der Waals surface area contributed by atoms with Crippen LogP contribution in [0.5, 0.6) is 0 Å². The molecule has 0 atom stereocenters. The third kappa shape index (κ3) is 2.78. The van der Waals surface area contributed by atoms with Crippen molar-refractivity contribution in [3.05, 3.63) is 29.8 Å². The van der Waals surface area contributed by atoms with Gasteiger partial charge in [-0.25, -0.2) is 0 Å². The Labute approximate surface area is 78.3 Å². The van der Waals surface area contributed by atoms with E-state index < -0.39 is 0 Å². The van der Waals surface area contributed by atoms with Gasteiger partial charge in [0.25, 0.3) is 0 Å². The van der Waals surface area contributed by atoms with Gasteiger partial charge in [0.2, 0.25) is 0 Å². The summed E-state index contributed by atoms with van der Waals surface area (Å²) in [6.45, 7) is 0. The molecule has 0 aromatic heterocycles. The Balaban J connectivity index is 2.69. The molecule has 0 fully saturated rings. The van der Waals surface area contributed by atoms with Crippen LogP contribution < -0.4 is 4.90 Å². The molecule has 0 heterocycles. The van der Waals surface area contributed by atoms with Gasteiger partial charge in [-0.1, -0.05) is 12.1 Å². The van der Waals surface area contributed by atoms with Gasteiger partial charge in [-0.2, -0.15) is 0 Å². The highest BCUT2D eigenvalue weighted by molar-refractivity contribution is 5.61. The maximum absolute atomic E-state index is 8.23. The number of rotatable bonds is 3. The van der Waals surface area contributed by atoms with E-state index in [2.05, 4.69) is 5.16 Å². The summed E-state index contributed by atoms with van der Waals surface area (Å²) in [5, 5.41) is 11.2. The van der Waals surface area contributed by atoms with Crippen LogP contribution in [0, 0.1) is 0 Å². The van der Waals surface area contributed by atoms with Crippen LogP contribution in [0.25, 0.3) is 0 Å². The van der Waals surface area contributed by atoms with Crippen LogP contribution in [0.3, 0.4) is 0 Å². The first-order valence-electron chi connectivity index (χ1n) is 4.16. The number of benzene rings is 1. The van der Waals surface area contributed by atoms with E-state index in [0.717, 1.165) is 5.56 Å². The molecular formula is C10H14N2O. The van der Waals surface area contributed by atoms with E-state index in [-0.39, 0.29) is 0 Å². The summed E-state index contributed by atoms with van der Waals surface area (Å²) in [5.41, 5.74) is 2.31. The van der Waals surface area contributed by atoms with Crippen molar-refractivity contribution in [1.82, 2.24) is 0 Å². The Morgan fingerprint density at radius 1 is 1.31 bits per heavy atom. The van der Waals surface area contributed by atoms with Crippen molar-refractivity contribution in [2.24, 2.45) is 5.16 Å². The van der Waals surface area contributed by atoms with Crippen molar-refractivity contribution in [3.8, 4) is 0 Å². The molecule has 3 heteroatoms. The van der Waals surface area contributed by atoms with Crippen molar-refractivity contribution in [2.45, 2.75) is 6.42 Å². The molecule has 13 heavy (non-hydrogen) atoms. The lowest BCUT2D eigenvalue weighted by Crippen LogP contribution is -2.08. The highest BCUT2D eigenvalue weighted by Gasteiger charge is 1.94. The van der Waals surface area contributed by atoms with Gasteiger partial charge in [-0.3, -0.25) is 0 Å². The Kier molecular flexibility index (Phi) is 3.31. The number of hydrogen-bond donors (Lipinski definition) is 1. The molecule has 0 saturated heterocycles. The molecule has 1 rings (SSSR count). The first kappa shape index (κ1) is 9.58. The summed E-state index contributed by atoms with van der Waals surface area (Å²) in [6.07, 6.45) is 2.15. The van der Waals surface area contributed by atoms with Crippen LogP contribution in [-0.4, -0.2) is 25.5 Å². The summed E-state index contributed by atoms with van der Waals surface area (Å²) in [5.74, 6) is 0. The molecule has 0 radical (unpaired) electrons. The molecule has 0 aliphatic rings. The average Bonchev–Trinajstić information content (AvgIpc) is 2.15. The van der Waals surface area contributed by atoms with E-state index in [4.69, 9.17) is 5.21 Å². The molecule has 0 unspecified atom stereocenters. The Morgan fingerprint density at radius 3 is 2.38 bits per heavy atom. The fourth-order valence-electron chi connectivity index (χ4n) is 1.08. The van der Waals surface area contributed by atoms with Crippen LogP contribution in [0.15, 0.2) is 29.4 Å². The Hall–Kier alpha value is -1.51. The summed E-state index contributed by atoms with van der Waals surface area (Å²) in [7, 11) is 4.01. The van der Waals surface area contributed by atoms with Gasteiger partial charge in [0.1, 0.15) is 0 Å². The quantitative estimate of drug-likeness (QED) is 0.435. The first-order valence-corrected chi connectivity index (χ1v) is 4.16. The van der Waals surface area contributed by atoms with E-state index in [1.807, 2.05) is 43.3 Å². The highest BCUT2D eigenvalue weighted by atomic mass is 16.4. The number of oxime groups is 1. The van der Waals surface area contributed by atoms with Crippen LogP contribution in [0.4, 0.5) is 5.69 Å². The molecule has 1 N–H and O–H groups in total. The molecule has 0 aliphatic carbocycles. The van der Waals surface area contributed by atoms with E-state index in [9.17, 15) is 0 Å². The SMILES string of the molecule is CN(C)c1ccc(C/C=N/O)cc1. The monoisotopic (exact) mass is 178 g/mol. The highest BCUT2D eigenvalue weighted by Crippen LogP contribution is 2.11. The zero-order valence-corrected chi connectivity index (χ0v) is 7.94. The normalized spacial score (nSPS) is 10.6. The molecule has 0 amide bonds. The van der Waals surface area contributed by atoms with Crippen LogP contribution in [-0.2, 0) is 6.42 Å². The van der Waals surface area contributed by atoms with E-state index in [1.54, 1.807) is 0 Å². The summed E-state index contributed by atoms with van der Waals surface area (Å²) >= 11 is 0. The van der Waals surface area contributed by atoms with Gasteiger partial charge in [0.15, 0.2) is 0 Å². The maximum atomic E-state index is 8.23. The van der Waals surface area contributed by atoms with Crippen molar-refractivity contribution >= 4 is 11.9 Å². The number of nitrogens with zero attached hydrogens (tertiary/aromatic N) is 2. The lowest BCUT2D eigenvalue weighted by molar-refractivity contribution is 0.321. The van der Waals surface area contributed by atoms with E-state index in [0.29, 0.717) is 6.42 Å². The summed E-state index contributed by atoms with van der Waals surface area (Å²) < 4.78 is 0. The maximum Gasteiger partial charge on any atom is 0.0479 e. The van der Waals surface area contributed by atoms with E-state index in [1.165, 1.54) is 11.9 Å². The van der Waals surface area contributed by atoms with Crippen LogP contribution in [0.2, 0.25) is 0 Å². The molecule has 0 aliphatic heterocycles. The largest absolute Gasteiger partial charge is 0.411 e. The zero-order valence-electron chi connectivity index (χ0n) is 7.94. The molecule has 70 valence electrons. The van der Waals surface area contributed by atoms with Gasteiger partial charge in [-0.05, 0) is 17.7 Å². The van der Waals surface area contributed by atoms with Gasteiger partial charge in [0.05, 0.1) is 0 Å². The topological polar surface area (TPSA) is 35.8 Å². The smallest absolute Gasteiger partial charge is 0.0479 e. The molecule has 0 saturated carbocycles. The molecule has 0 bridgehead atoms. The van der Waals surface area contributed by atoms with Crippen molar-refractivity contribution in [3.63, 3.8) is 0 Å². The summed E-state index contributed by atoms with van der Waals surface area (Å²) in [6, 6.07) is 8.13. The minimum Gasteiger partial charge on any atom is -0.411 e. The molecule has 1 aromatic rings. The standard InChI is InChI=1S/C10H14N2O/c1-12(2)10-5-3-9(4-6-10)7-8-11-13/h3-6,8,13H,7H2,1-2H3/b11-8+.